The molecule has 0 saturated carbocycles. The van der Waals surface area contributed by atoms with Gasteiger partial charge in [-0.1, -0.05) is 32.9 Å². The number of carbonyl (C=O) groups is 1. The molecule has 0 spiro atoms. The first-order valence-corrected chi connectivity index (χ1v) is 8.35. The van der Waals surface area contributed by atoms with Crippen LogP contribution < -0.4 is 4.74 Å². The average molecular weight is 310 g/mol. The van der Waals surface area contributed by atoms with Crippen molar-refractivity contribution >= 4 is 38.9 Å². The van der Waals surface area contributed by atoms with E-state index in [0.29, 0.717) is 5.75 Å². The van der Waals surface area contributed by atoms with E-state index in [-0.39, 0.29) is 5.97 Å². The topological polar surface area (TPSA) is 26.3 Å². The van der Waals surface area contributed by atoms with Gasteiger partial charge in [-0.05, 0) is 56.7 Å². The largest absolute Gasteiger partial charge is 0.426 e. The normalized spacial score (nSPS) is 11.3. The fourth-order valence-corrected chi connectivity index (χ4v) is 3.72. The van der Waals surface area contributed by atoms with E-state index in [1.54, 1.807) is 20.7 Å². The lowest BCUT2D eigenvalue weighted by Crippen LogP contribution is -2.25. The third-order valence-electron chi connectivity index (χ3n) is 2.42. The molecule has 0 aliphatic rings. The lowest BCUT2D eigenvalue weighted by Gasteiger charge is -2.16. The molecular weight excluding hydrogens is 296 g/mol. The van der Waals surface area contributed by atoms with Crippen molar-refractivity contribution in [1.82, 2.24) is 0 Å². The maximum Gasteiger partial charge on any atom is 0.316 e. The highest BCUT2D eigenvalue weighted by Crippen LogP contribution is 2.30. The van der Waals surface area contributed by atoms with Gasteiger partial charge in [0.05, 0.1) is 5.41 Å². The molecule has 0 radical (unpaired) electrons. The lowest BCUT2D eigenvalue weighted by atomic mass is 9.97. The quantitative estimate of drug-likeness (QED) is 0.332. The molecule has 5 heteroatoms. The van der Waals surface area contributed by atoms with Gasteiger partial charge in [0.2, 0.25) is 0 Å². The fourth-order valence-electron chi connectivity index (χ4n) is 1.32. The van der Waals surface area contributed by atoms with Crippen LogP contribution in [0, 0.1) is 9.24 Å². The molecule has 2 nitrogen and oxygen atoms in total. The Labute approximate surface area is 125 Å². The molecule has 0 bridgehead atoms. The van der Waals surface area contributed by atoms with E-state index < -0.39 is 5.41 Å². The summed E-state index contributed by atoms with van der Waals surface area (Å²) in [6, 6.07) is 9.50. The van der Waals surface area contributed by atoms with Crippen LogP contribution in [0.15, 0.2) is 30.3 Å². The zero-order valence-corrected chi connectivity index (χ0v) is 13.4. The summed E-state index contributed by atoms with van der Waals surface area (Å²) in [5, 5.41) is 0. The summed E-state index contributed by atoms with van der Waals surface area (Å²) in [6.45, 7) is 5.51. The van der Waals surface area contributed by atoms with Crippen molar-refractivity contribution < 1.29 is 9.53 Å². The highest BCUT2D eigenvalue weighted by Gasteiger charge is 2.23. The fraction of sp³-hybridized carbons (Fsp3) is 0.286. The molecule has 0 fully saturated rings. The number of esters is 1. The maximum absolute atomic E-state index is 11.8. The molecule has 1 aromatic heterocycles. The molecular formula is C14H14O2S3. The van der Waals surface area contributed by atoms with E-state index in [9.17, 15) is 4.79 Å². The Morgan fingerprint density at radius 1 is 1.16 bits per heavy atom. The second kappa shape index (κ2) is 5.53. The van der Waals surface area contributed by atoms with Gasteiger partial charge in [0.1, 0.15) is 9.57 Å². The molecule has 0 atom stereocenters. The highest BCUT2D eigenvalue weighted by molar-refractivity contribution is 7.80. The van der Waals surface area contributed by atoms with Crippen molar-refractivity contribution in [3.8, 4) is 16.2 Å². The molecule has 0 amide bonds. The Morgan fingerprint density at radius 2 is 1.79 bits per heavy atom. The van der Waals surface area contributed by atoms with Crippen LogP contribution in [0.25, 0.3) is 10.4 Å². The monoisotopic (exact) mass is 310 g/mol. The smallest absolute Gasteiger partial charge is 0.316 e. The van der Waals surface area contributed by atoms with Crippen LogP contribution in [0.5, 0.6) is 5.75 Å². The van der Waals surface area contributed by atoms with Gasteiger partial charge in [-0.2, -0.15) is 0 Å². The number of ether oxygens (including phenoxy) is 1. The van der Waals surface area contributed by atoms with Crippen LogP contribution in [-0.4, -0.2) is 5.97 Å². The van der Waals surface area contributed by atoms with Crippen LogP contribution >= 0.6 is 32.9 Å². The molecule has 0 saturated heterocycles. The Bertz CT molecular complexity index is 630. The van der Waals surface area contributed by atoms with Crippen molar-refractivity contribution in [2.75, 3.05) is 0 Å². The Balaban J connectivity index is 2.15. The minimum Gasteiger partial charge on any atom is -0.426 e. The molecule has 2 aromatic rings. The van der Waals surface area contributed by atoms with Gasteiger partial charge in [0, 0.05) is 4.88 Å². The van der Waals surface area contributed by atoms with Crippen LogP contribution in [0.2, 0.25) is 0 Å². The average Bonchev–Trinajstić information content (AvgIpc) is 2.75. The van der Waals surface area contributed by atoms with Gasteiger partial charge in [-0.3, -0.25) is 4.79 Å². The molecule has 0 aliphatic carbocycles. The number of benzene rings is 1. The molecule has 19 heavy (non-hydrogen) atoms. The predicted molar refractivity (Wildman–Crippen MR) is 83.6 cm³/mol. The highest BCUT2D eigenvalue weighted by atomic mass is 32.9. The van der Waals surface area contributed by atoms with Gasteiger partial charge in [-0.25, -0.2) is 0 Å². The number of hydrogen-bond donors (Lipinski definition) is 0. The first-order chi connectivity index (χ1) is 8.86. The van der Waals surface area contributed by atoms with E-state index in [2.05, 4.69) is 0 Å². The molecule has 0 aliphatic heterocycles. The zero-order chi connectivity index (χ0) is 14.0. The van der Waals surface area contributed by atoms with Crippen molar-refractivity contribution in [3.63, 3.8) is 0 Å². The maximum atomic E-state index is 11.8. The van der Waals surface area contributed by atoms with Gasteiger partial charge in [-0.15, -0.1) is 0 Å². The molecule has 0 unspecified atom stereocenters. The first kappa shape index (κ1) is 14.4. The summed E-state index contributed by atoms with van der Waals surface area (Å²) < 4.78 is 6.21. The Kier molecular flexibility index (Phi) is 4.18. The first-order valence-electron chi connectivity index (χ1n) is 5.79. The van der Waals surface area contributed by atoms with Crippen LogP contribution in [0.1, 0.15) is 20.8 Å². The number of carbonyl (C=O) groups excluding carboxylic acids is 1. The number of hydrogen-bond acceptors (Lipinski definition) is 5. The summed E-state index contributed by atoms with van der Waals surface area (Å²) in [5.41, 5.74) is 0.596. The zero-order valence-electron chi connectivity index (χ0n) is 10.9. The lowest BCUT2D eigenvalue weighted by molar-refractivity contribution is -0.142. The van der Waals surface area contributed by atoms with E-state index >= 15 is 0 Å². The van der Waals surface area contributed by atoms with Crippen LogP contribution in [0.3, 0.4) is 0 Å². The number of rotatable bonds is 2. The van der Waals surface area contributed by atoms with E-state index in [0.717, 1.165) is 14.3 Å². The van der Waals surface area contributed by atoms with E-state index in [1.807, 2.05) is 51.1 Å². The molecule has 1 heterocycles. The van der Waals surface area contributed by atoms with Gasteiger partial charge < -0.3 is 4.74 Å². The third kappa shape index (κ3) is 3.72. The van der Waals surface area contributed by atoms with Gasteiger partial charge in [0.15, 0.2) is 0 Å². The molecule has 1 aromatic carbocycles. The molecule has 0 N–H and O–H groups in total. The predicted octanol–water partition coefficient (Wildman–Crippen LogP) is 5.16. The van der Waals surface area contributed by atoms with Gasteiger partial charge in [0.25, 0.3) is 0 Å². The second-order valence-electron chi connectivity index (χ2n) is 5.16. The minimum atomic E-state index is -0.495. The Morgan fingerprint density at radius 3 is 2.26 bits per heavy atom. The van der Waals surface area contributed by atoms with Crippen LogP contribution in [-0.2, 0) is 4.79 Å². The van der Waals surface area contributed by atoms with Crippen molar-refractivity contribution in [3.05, 3.63) is 34.2 Å². The minimum absolute atomic E-state index is 0.230. The van der Waals surface area contributed by atoms with Crippen molar-refractivity contribution in [1.29, 1.82) is 0 Å². The third-order valence-corrected chi connectivity index (χ3v) is 5.33. The van der Waals surface area contributed by atoms with E-state index in [4.69, 9.17) is 17.0 Å². The summed E-state index contributed by atoms with van der Waals surface area (Å²) in [4.78, 5) is 12.9. The van der Waals surface area contributed by atoms with Crippen LogP contribution in [0.4, 0.5) is 0 Å². The van der Waals surface area contributed by atoms with Crippen molar-refractivity contribution in [2.24, 2.45) is 5.41 Å². The summed E-state index contributed by atoms with van der Waals surface area (Å²) >= 11 is 5.12. The van der Waals surface area contributed by atoms with Gasteiger partial charge >= 0.3 is 5.97 Å². The second-order valence-corrected chi connectivity index (χ2v) is 8.07. The van der Waals surface area contributed by atoms with E-state index in [1.165, 1.54) is 0 Å². The molecule has 100 valence electrons. The summed E-state index contributed by atoms with van der Waals surface area (Å²) in [7, 11) is 3.24. The summed E-state index contributed by atoms with van der Waals surface area (Å²) in [5.74, 6) is 0.342. The Hall–Kier alpha value is -1.04. The summed E-state index contributed by atoms with van der Waals surface area (Å²) in [6.07, 6.45) is 0. The van der Waals surface area contributed by atoms with Crippen molar-refractivity contribution in [2.45, 2.75) is 20.8 Å². The SMILES string of the molecule is CC(C)(C)C(=O)Oc1ccc(-c2cc(=S)ss2)cc1. The molecule has 2 rings (SSSR count). The standard InChI is InChI=1S/C14H14O2S3/c1-14(2,3)13(15)16-10-6-4-9(5-7-10)11-8-12(17)19-18-11/h4-8H,1-3H3.